The highest BCUT2D eigenvalue weighted by Crippen LogP contribution is 2.49. The number of fused-ring (bicyclic) bond motifs is 5. The van der Waals surface area contributed by atoms with E-state index in [1.54, 1.807) is 6.33 Å². The normalized spacial score (nSPS) is 24.4. The number of anilines is 4. The van der Waals surface area contributed by atoms with Crippen molar-refractivity contribution < 1.29 is 19.7 Å². The van der Waals surface area contributed by atoms with Crippen molar-refractivity contribution in [1.82, 2.24) is 39.0 Å². The molecule has 7 heterocycles. The second-order valence-electron chi connectivity index (χ2n) is 19.0. The Kier molecular flexibility index (Phi) is 11.7. The minimum absolute atomic E-state index is 0.00944. The number of nitrogens with zero attached hydrogens (tertiary/aromatic N) is 8. The highest BCUT2D eigenvalue weighted by molar-refractivity contribution is 5.88. The molecule has 16 heteroatoms. The molecule has 8 aromatic rings. The Balaban J connectivity index is 0.000000157. The zero-order chi connectivity index (χ0) is 46.7. The van der Waals surface area contributed by atoms with Crippen molar-refractivity contribution in [3.8, 4) is 0 Å². The number of rotatable bonds is 10. The first-order valence-electron chi connectivity index (χ1n) is 23.3. The average Bonchev–Trinajstić information content (AvgIpc) is 4.14. The van der Waals surface area contributed by atoms with Crippen molar-refractivity contribution in [1.29, 1.82) is 0 Å². The van der Waals surface area contributed by atoms with Gasteiger partial charge in [-0.1, -0.05) is 24.3 Å². The number of ether oxygens (including phenoxy) is 2. The molecule has 1 aliphatic heterocycles. The van der Waals surface area contributed by atoms with E-state index in [2.05, 4.69) is 99.8 Å². The molecule has 3 fully saturated rings. The lowest BCUT2D eigenvalue weighted by atomic mass is 9.95. The average molecular weight is 905 g/mol. The first kappa shape index (κ1) is 44.4. The zero-order valence-corrected chi connectivity index (χ0v) is 38.9. The summed E-state index contributed by atoms with van der Waals surface area (Å²) in [5.74, 6) is 2.51. The summed E-state index contributed by atoms with van der Waals surface area (Å²) in [4.78, 5) is 26.7. The largest absolute Gasteiger partial charge is 0.390 e. The summed E-state index contributed by atoms with van der Waals surface area (Å²) in [5, 5.41) is 32.0. The number of benzene rings is 2. The van der Waals surface area contributed by atoms with Crippen LogP contribution in [-0.2, 0) is 22.3 Å². The van der Waals surface area contributed by atoms with Crippen molar-refractivity contribution in [2.45, 2.75) is 109 Å². The van der Waals surface area contributed by atoms with Crippen LogP contribution >= 0.6 is 0 Å². The lowest BCUT2D eigenvalue weighted by molar-refractivity contribution is -0.160. The van der Waals surface area contributed by atoms with E-state index in [9.17, 15) is 10.2 Å². The van der Waals surface area contributed by atoms with E-state index in [1.807, 2.05) is 64.7 Å². The molecule has 0 amide bonds. The van der Waals surface area contributed by atoms with E-state index in [4.69, 9.17) is 20.9 Å². The molecule has 6 aromatic heterocycles. The molecule has 2 aromatic carbocycles. The number of nitrogens with one attached hydrogen (secondary N) is 2. The van der Waals surface area contributed by atoms with Gasteiger partial charge in [0, 0.05) is 37.3 Å². The van der Waals surface area contributed by atoms with Gasteiger partial charge in [-0.2, -0.15) is 0 Å². The van der Waals surface area contributed by atoms with Gasteiger partial charge in [0.2, 0.25) is 0 Å². The molecule has 0 radical (unpaired) electrons. The molecule has 8 N–H and O–H groups in total. The second kappa shape index (κ2) is 17.6. The third kappa shape index (κ3) is 8.36. The summed E-state index contributed by atoms with van der Waals surface area (Å²) in [7, 11) is 3.70. The fourth-order valence-electron chi connectivity index (χ4n) is 10.8. The predicted molar refractivity (Wildman–Crippen MR) is 263 cm³/mol. The van der Waals surface area contributed by atoms with Crippen LogP contribution in [0.5, 0.6) is 0 Å². The fourth-order valence-corrected chi connectivity index (χ4v) is 10.8. The van der Waals surface area contributed by atoms with Crippen LogP contribution in [-0.4, -0.2) is 93.5 Å². The number of pyridine rings is 2. The topological polar surface area (TPSA) is 222 Å². The first-order chi connectivity index (χ1) is 32.3. The van der Waals surface area contributed by atoms with Gasteiger partial charge in [-0.3, -0.25) is 0 Å². The molecule has 3 aliphatic rings. The molecule has 8 atom stereocenters. The van der Waals surface area contributed by atoms with E-state index in [0.717, 1.165) is 104 Å². The molecule has 2 aliphatic carbocycles. The maximum absolute atomic E-state index is 10.8. The predicted octanol–water partition coefficient (Wildman–Crippen LogP) is 7.45. The maximum atomic E-state index is 10.8. The lowest BCUT2D eigenvalue weighted by Gasteiger charge is -2.24. The molecule has 16 nitrogen and oxygen atoms in total. The summed E-state index contributed by atoms with van der Waals surface area (Å²) in [5.41, 5.74) is 20.0. The van der Waals surface area contributed by atoms with Crippen molar-refractivity contribution in [2.75, 3.05) is 36.2 Å². The van der Waals surface area contributed by atoms with Crippen LogP contribution in [0.15, 0.2) is 85.7 Å². The van der Waals surface area contributed by atoms with Crippen LogP contribution in [0.25, 0.3) is 43.9 Å². The number of hydrogen-bond acceptors (Lipinski definition) is 14. The van der Waals surface area contributed by atoms with E-state index < -0.39 is 18.0 Å². The third-order valence-corrected chi connectivity index (χ3v) is 14.4. The number of nitrogen functional groups attached to an aromatic ring is 2. The van der Waals surface area contributed by atoms with Crippen LogP contribution in [0.3, 0.4) is 0 Å². The van der Waals surface area contributed by atoms with E-state index in [1.165, 1.54) is 11.9 Å². The summed E-state index contributed by atoms with van der Waals surface area (Å²) in [6, 6.07) is 20.9. The molecular formula is C51H60N12O4. The van der Waals surface area contributed by atoms with E-state index in [-0.39, 0.29) is 30.2 Å². The maximum Gasteiger partial charge on any atom is 0.163 e. The van der Waals surface area contributed by atoms with Gasteiger partial charge in [0.15, 0.2) is 5.79 Å². The molecule has 0 spiro atoms. The van der Waals surface area contributed by atoms with Crippen LogP contribution in [0.1, 0.15) is 73.9 Å². The van der Waals surface area contributed by atoms with Gasteiger partial charge in [-0.15, -0.1) is 0 Å². The fraction of sp³-hybridized carbons (Fsp3) is 0.412. The third-order valence-electron chi connectivity index (χ3n) is 14.4. The SMILES string of the molecule is CNc1ncnc2c1ccn2[C@@H]1C[C@H](CCc2ccc3cc(C)c(N)nc3c2)[C@@H](O)[C@H]1O.CNc1ncnc2c1ccn2[C@@H]1C[C@H](CCc2ccc3cc(C)c(N)nc3c2)[C@H]2OC(C)(C)O[C@H]21. The Bertz CT molecular complexity index is 3110. The standard InChI is InChI=1S/C27H32N6O2.C24H28N6O2/c1-15-11-17-7-5-16(12-20(17)32-24(15)28)6-8-18-13-21(23-22(18)34-27(2,3)35-23)33-10-9-19-25(29-4)30-14-31-26(19)33;1-13-9-15-5-3-14(10-18(15)29-22(13)25)4-6-16-11-19(21(32)20(16)31)30-8-7-17-23(26-2)27-12-28-24(17)30/h5,7,9-12,14,18,21-23H,6,8,13H2,1-4H3,(H2,28,32)(H,29,30,31);3,5,7-10,12,16,19-21,31-32H,4,6,11H2,1-2H3,(H2,25,29)(H,26,27,28)/t18-,21+,22+,23-;16-,19+,20+,21-/m00/s1. The van der Waals surface area contributed by atoms with Gasteiger partial charge in [0.05, 0.1) is 46.1 Å². The first-order valence-corrected chi connectivity index (χ1v) is 23.3. The summed E-state index contributed by atoms with van der Waals surface area (Å²) in [6.45, 7) is 7.97. The number of nitrogens with two attached hydrogens (primary N) is 2. The number of aliphatic hydroxyl groups is 2. The van der Waals surface area contributed by atoms with Crippen molar-refractivity contribution in [3.05, 3.63) is 108 Å². The molecule has 2 saturated carbocycles. The van der Waals surface area contributed by atoms with Gasteiger partial charge in [-0.05, 0) is 137 Å². The highest BCUT2D eigenvalue weighted by atomic mass is 16.8. The smallest absolute Gasteiger partial charge is 0.163 e. The minimum atomic E-state index is -0.843. The molecule has 0 unspecified atom stereocenters. The molecule has 0 bridgehead atoms. The van der Waals surface area contributed by atoms with Gasteiger partial charge in [-0.25, -0.2) is 29.9 Å². The summed E-state index contributed by atoms with van der Waals surface area (Å²) in [6.07, 6.45) is 10.8. The van der Waals surface area contributed by atoms with Crippen molar-refractivity contribution in [3.63, 3.8) is 0 Å². The molecule has 348 valence electrons. The molecular weight excluding hydrogens is 845 g/mol. The number of hydrogen-bond donors (Lipinski definition) is 6. The van der Waals surface area contributed by atoms with Gasteiger partial charge in [0.25, 0.3) is 0 Å². The Morgan fingerprint density at radius 3 is 1.67 bits per heavy atom. The van der Waals surface area contributed by atoms with Crippen LogP contribution in [0, 0.1) is 25.7 Å². The van der Waals surface area contributed by atoms with Crippen molar-refractivity contribution >= 4 is 67.1 Å². The molecule has 67 heavy (non-hydrogen) atoms. The molecule has 1 saturated heterocycles. The van der Waals surface area contributed by atoms with Crippen molar-refractivity contribution in [2.24, 2.45) is 11.8 Å². The number of aliphatic hydroxyl groups excluding tert-OH is 2. The zero-order valence-electron chi connectivity index (χ0n) is 38.9. The quantitative estimate of drug-likeness (QED) is 0.0785. The lowest BCUT2D eigenvalue weighted by Crippen LogP contribution is -2.29. The van der Waals surface area contributed by atoms with Crippen LogP contribution < -0.4 is 22.1 Å². The van der Waals surface area contributed by atoms with Crippen LogP contribution in [0.4, 0.5) is 23.3 Å². The Morgan fingerprint density at radius 1 is 0.642 bits per heavy atom. The Morgan fingerprint density at radius 2 is 1.13 bits per heavy atom. The Labute approximate surface area is 389 Å². The van der Waals surface area contributed by atoms with Gasteiger partial charge in [0.1, 0.15) is 59.4 Å². The minimum Gasteiger partial charge on any atom is -0.390 e. The van der Waals surface area contributed by atoms with Gasteiger partial charge < -0.3 is 50.9 Å². The molecule has 11 rings (SSSR count). The number of aryl methyl sites for hydroxylation is 4. The van der Waals surface area contributed by atoms with Gasteiger partial charge >= 0.3 is 0 Å². The monoisotopic (exact) mass is 904 g/mol. The second-order valence-corrected chi connectivity index (χ2v) is 19.0. The Hall–Kier alpha value is -6.46. The van der Waals surface area contributed by atoms with E-state index >= 15 is 0 Å². The number of aromatic nitrogens is 8. The summed E-state index contributed by atoms with van der Waals surface area (Å²) >= 11 is 0. The highest BCUT2D eigenvalue weighted by Gasteiger charge is 2.54. The summed E-state index contributed by atoms with van der Waals surface area (Å²) < 4.78 is 17.1. The van der Waals surface area contributed by atoms with Crippen LogP contribution in [0.2, 0.25) is 0 Å². The van der Waals surface area contributed by atoms with E-state index in [0.29, 0.717) is 24.0 Å².